The van der Waals surface area contributed by atoms with Crippen LogP contribution in [0.15, 0.2) is 0 Å². The van der Waals surface area contributed by atoms with Crippen LogP contribution in [0.2, 0.25) is 0 Å². The van der Waals surface area contributed by atoms with E-state index < -0.39 is 6.17 Å². The minimum absolute atomic E-state index is 0.0426. The Hall–Kier alpha value is 0.180. The number of nitrogens with zero attached hydrogens (tertiary/aromatic N) is 1. The van der Waals surface area contributed by atoms with Crippen LogP contribution in [-0.2, 0) is 0 Å². The highest BCUT2D eigenvalue weighted by Crippen LogP contribution is 2.40. The molecule has 0 saturated carbocycles. The summed E-state index contributed by atoms with van der Waals surface area (Å²) in [5, 5.41) is 0. The van der Waals surface area contributed by atoms with Crippen molar-refractivity contribution in [1.82, 2.24) is 4.90 Å². The molecule has 0 radical (unpaired) electrons. The lowest BCUT2D eigenvalue weighted by Crippen LogP contribution is -2.39. The first kappa shape index (κ1) is 7.81. The highest BCUT2D eigenvalue weighted by Gasteiger charge is 2.47. The second-order valence-corrected chi connectivity index (χ2v) is 3.98. The molecule has 3 heteroatoms. The number of rotatable bonds is 1. The van der Waals surface area contributed by atoms with E-state index in [1.54, 1.807) is 0 Å². The zero-order valence-electron chi connectivity index (χ0n) is 6.52. The van der Waals surface area contributed by atoms with E-state index in [1.165, 1.54) is 6.42 Å². The van der Waals surface area contributed by atoms with Gasteiger partial charge >= 0.3 is 0 Å². The van der Waals surface area contributed by atoms with E-state index in [0.717, 1.165) is 13.0 Å². The van der Waals surface area contributed by atoms with E-state index in [1.807, 2.05) is 0 Å². The SMILES string of the molecule is F[C@H]1CN2CCC[C@@]2(CCl)C1. The van der Waals surface area contributed by atoms with Crippen molar-refractivity contribution in [2.24, 2.45) is 0 Å². The molecule has 2 fully saturated rings. The number of fused-ring (bicyclic) bond motifs is 1. The van der Waals surface area contributed by atoms with E-state index in [9.17, 15) is 4.39 Å². The van der Waals surface area contributed by atoms with Gasteiger partial charge in [-0.25, -0.2) is 4.39 Å². The van der Waals surface area contributed by atoms with Gasteiger partial charge in [0.25, 0.3) is 0 Å². The maximum Gasteiger partial charge on any atom is 0.115 e. The lowest BCUT2D eigenvalue weighted by molar-refractivity contribution is 0.221. The quantitative estimate of drug-likeness (QED) is 0.553. The molecular weight excluding hydrogens is 165 g/mol. The van der Waals surface area contributed by atoms with Gasteiger partial charge in [-0.3, -0.25) is 4.90 Å². The van der Waals surface area contributed by atoms with Crippen LogP contribution in [0.1, 0.15) is 19.3 Å². The van der Waals surface area contributed by atoms with Gasteiger partial charge in [0, 0.05) is 18.0 Å². The maximum absolute atomic E-state index is 13.0. The van der Waals surface area contributed by atoms with Crippen LogP contribution >= 0.6 is 11.6 Å². The second kappa shape index (κ2) is 2.60. The molecule has 2 aliphatic rings. The molecule has 0 N–H and O–H groups in total. The fourth-order valence-electron chi connectivity index (χ4n) is 2.43. The normalized spacial score (nSPS) is 44.7. The number of hydrogen-bond acceptors (Lipinski definition) is 1. The number of hydrogen-bond donors (Lipinski definition) is 0. The maximum atomic E-state index is 13.0. The van der Waals surface area contributed by atoms with Crippen LogP contribution in [0.25, 0.3) is 0 Å². The molecule has 0 aliphatic carbocycles. The molecule has 0 aromatic rings. The highest BCUT2D eigenvalue weighted by atomic mass is 35.5. The monoisotopic (exact) mass is 177 g/mol. The molecule has 0 aromatic heterocycles. The van der Waals surface area contributed by atoms with Crippen LogP contribution in [0.5, 0.6) is 0 Å². The third-order valence-corrected chi connectivity index (χ3v) is 3.51. The van der Waals surface area contributed by atoms with Gasteiger partial charge in [0.15, 0.2) is 0 Å². The standard InChI is InChI=1S/C8H13ClFN/c9-6-8-2-1-3-11(8)5-7(10)4-8/h7H,1-6H2/t7-,8+/m1/s1. The first-order valence-corrected chi connectivity index (χ1v) is 4.75. The van der Waals surface area contributed by atoms with Gasteiger partial charge in [0.05, 0.1) is 0 Å². The predicted octanol–water partition coefficient (Wildman–Crippen LogP) is 1.80. The summed E-state index contributed by atoms with van der Waals surface area (Å²) < 4.78 is 13.0. The Bertz CT molecular complexity index is 164. The largest absolute Gasteiger partial charge is 0.293 e. The van der Waals surface area contributed by atoms with Gasteiger partial charge in [-0.2, -0.15) is 0 Å². The van der Waals surface area contributed by atoms with Crippen molar-refractivity contribution in [2.45, 2.75) is 31.0 Å². The van der Waals surface area contributed by atoms with Crippen molar-refractivity contribution < 1.29 is 4.39 Å². The van der Waals surface area contributed by atoms with Crippen molar-refractivity contribution in [3.63, 3.8) is 0 Å². The van der Waals surface area contributed by atoms with E-state index in [0.29, 0.717) is 18.8 Å². The lowest BCUT2D eigenvalue weighted by atomic mass is 9.96. The van der Waals surface area contributed by atoms with Crippen LogP contribution in [0.3, 0.4) is 0 Å². The molecule has 0 amide bonds. The summed E-state index contributed by atoms with van der Waals surface area (Å²) in [5.41, 5.74) is 0.0426. The Morgan fingerprint density at radius 1 is 1.64 bits per heavy atom. The zero-order valence-corrected chi connectivity index (χ0v) is 7.28. The summed E-state index contributed by atoms with van der Waals surface area (Å²) >= 11 is 5.86. The van der Waals surface area contributed by atoms with Crippen LogP contribution < -0.4 is 0 Å². The van der Waals surface area contributed by atoms with Crippen LogP contribution in [0, 0.1) is 0 Å². The Morgan fingerprint density at radius 2 is 2.45 bits per heavy atom. The summed E-state index contributed by atoms with van der Waals surface area (Å²) in [7, 11) is 0. The molecule has 2 saturated heterocycles. The summed E-state index contributed by atoms with van der Waals surface area (Å²) in [5.74, 6) is 0.605. The van der Waals surface area contributed by atoms with Crippen molar-refractivity contribution in [1.29, 1.82) is 0 Å². The molecule has 1 nitrogen and oxygen atoms in total. The highest BCUT2D eigenvalue weighted by molar-refractivity contribution is 6.18. The van der Waals surface area contributed by atoms with E-state index in [2.05, 4.69) is 4.90 Å². The number of alkyl halides is 2. The molecule has 0 bridgehead atoms. The third-order valence-electron chi connectivity index (χ3n) is 3.01. The molecule has 0 spiro atoms. The molecule has 0 aromatic carbocycles. The average Bonchev–Trinajstić information content (AvgIpc) is 2.43. The summed E-state index contributed by atoms with van der Waals surface area (Å²) in [4.78, 5) is 2.23. The van der Waals surface area contributed by atoms with Gasteiger partial charge in [0.2, 0.25) is 0 Å². The van der Waals surface area contributed by atoms with Gasteiger partial charge in [-0.05, 0) is 25.8 Å². The fraction of sp³-hybridized carbons (Fsp3) is 1.00. The molecule has 2 atom stereocenters. The van der Waals surface area contributed by atoms with Crippen molar-refractivity contribution in [3.8, 4) is 0 Å². The van der Waals surface area contributed by atoms with Crippen molar-refractivity contribution in [2.75, 3.05) is 19.0 Å². The lowest BCUT2D eigenvalue weighted by Gasteiger charge is -2.28. The third kappa shape index (κ3) is 1.07. The molecule has 11 heavy (non-hydrogen) atoms. The smallest absolute Gasteiger partial charge is 0.115 e. The number of halogens is 2. The van der Waals surface area contributed by atoms with Crippen LogP contribution in [-0.4, -0.2) is 35.6 Å². The average molecular weight is 178 g/mol. The molecule has 2 heterocycles. The van der Waals surface area contributed by atoms with Crippen molar-refractivity contribution >= 4 is 11.6 Å². The minimum atomic E-state index is -0.631. The topological polar surface area (TPSA) is 3.24 Å². The summed E-state index contributed by atoms with van der Waals surface area (Å²) in [6.07, 6.45) is 2.32. The molecule has 0 unspecified atom stereocenters. The van der Waals surface area contributed by atoms with E-state index in [4.69, 9.17) is 11.6 Å². The summed E-state index contributed by atoms with van der Waals surface area (Å²) in [6, 6.07) is 0. The van der Waals surface area contributed by atoms with Crippen LogP contribution in [0.4, 0.5) is 4.39 Å². The summed E-state index contributed by atoms with van der Waals surface area (Å²) in [6.45, 7) is 1.67. The molecule has 64 valence electrons. The van der Waals surface area contributed by atoms with Gasteiger partial charge in [-0.15, -0.1) is 11.6 Å². The second-order valence-electron chi connectivity index (χ2n) is 3.71. The molecule has 2 aliphatic heterocycles. The zero-order chi connectivity index (χ0) is 7.90. The Morgan fingerprint density at radius 3 is 3.09 bits per heavy atom. The van der Waals surface area contributed by atoms with E-state index in [-0.39, 0.29) is 5.54 Å². The first-order chi connectivity index (χ1) is 5.27. The Labute approximate surface area is 71.5 Å². The first-order valence-electron chi connectivity index (χ1n) is 4.22. The Kier molecular flexibility index (Phi) is 1.84. The molecular formula is C8H13ClFN. The Balaban J connectivity index is 2.15. The van der Waals surface area contributed by atoms with E-state index >= 15 is 0 Å². The van der Waals surface area contributed by atoms with Crippen molar-refractivity contribution in [3.05, 3.63) is 0 Å². The molecule has 2 rings (SSSR count). The fourth-order valence-corrected chi connectivity index (χ4v) is 2.84. The van der Waals surface area contributed by atoms with Gasteiger partial charge in [0.1, 0.15) is 6.17 Å². The predicted molar refractivity (Wildman–Crippen MR) is 43.8 cm³/mol. The van der Waals surface area contributed by atoms with Gasteiger partial charge in [-0.1, -0.05) is 0 Å². The minimum Gasteiger partial charge on any atom is -0.293 e. The van der Waals surface area contributed by atoms with Gasteiger partial charge < -0.3 is 0 Å².